The first-order chi connectivity index (χ1) is 14.4. The Hall–Kier alpha value is -2.84. The zero-order valence-electron chi connectivity index (χ0n) is 16.2. The van der Waals surface area contributed by atoms with Gasteiger partial charge in [-0.1, -0.05) is 46.8 Å². The SMILES string of the molecule is C=CCOc1ccc(Br)cc1/C=C1/SC(=O)N(CC(=O)Nc2ccccc2C)C1=O. The van der Waals surface area contributed by atoms with E-state index >= 15 is 0 Å². The topological polar surface area (TPSA) is 75.7 Å². The normalized spacial score (nSPS) is 14.9. The van der Waals surface area contributed by atoms with Gasteiger partial charge in [-0.05, 0) is 54.6 Å². The van der Waals surface area contributed by atoms with Crippen LogP contribution in [0.5, 0.6) is 5.75 Å². The molecule has 2 aromatic carbocycles. The number of hydrogen-bond donors (Lipinski definition) is 1. The highest BCUT2D eigenvalue weighted by molar-refractivity contribution is 9.10. The molecule has 0 radical (unpaired) electrons. The first-order valence-corrected chi connectivity index (χ1v) is 10.6. The molecule has 3 rings (SSSR count). The van der Waals surface area contributed by atoms with Crippen molar-refractivity contribution in [3.63, 3.8) is 0 Å². The highest BCUT2D eigenvalue weighted by atomic mass is 79.9. The molecule has 1 heterocycles. The molecule has 0 bridgehead atoms. The largest absolute Gasteiger partial charge is 0.489 e. The number of carbonyl (C=O) groups excluding carboxylic acids is 3. The van der Waals surface area contributed by atoms with Crippen LogP contribution in [0, 0.1) is 6.92 Å². The standard InChI is InChI=1S/C22H19BrN2O4S/c1-3-10-29-18-9-8-16(23)11-15(18)12-19-21(27)25(22(28)30-19)13-20(26)24-17-7-5-4-6-14(17)2/h3-9,11-12H,1,10,13H2,2H3,(H,24,26)/b19-12+. The molecule has 1 aliphatic rings. The van der Waals surface area contributed by atoms with E-state index in [0.717, 1.165) is 26.7 Å². The molecule has 0 saturated carbocycles. The molecule has 30 heavy (non-hydrogen) atoms. The number of aryl methyl sites for hydroxylation is 1. The summed E-state index contributed by atoms with van der Waals surface area (Å²) in [5, 5.41) is 2.24. The van der Waals surface area contributed by atoms with Crippen molar-refractivity contribution < 1.29 is 19.1 Å². The van der Waals surface area contributed by atoms with Gasteiger partial charge in [-0.2, -0.15) is 0 Å². The van der Waals surface area contributed by atoms with Crippen molar-refractivity contribution in [3.8, 4) is 5.75 Å². The fourth-order valence-corrected chi connectivity index (χ4v) is 3.94. The summed E-state index contributed by atoms with van der Waals surface area (Å²) >= 11 is 4.19. The van der Waals surface area contributed by atoms with Crippen molar-refractivity contribution in [1.82, 2.24) is 4.90 Å². The van der Waals surface area contributed by atoms with Crippen molar-refractivity contribution in [2.24, 2.45) is 0 Å². The molecule has 1 saturated heterocycles. The van der Waals surface area contributed by atoms with Crippen LogP contribution in [0.25, 0.3) is 6.08 Å². The maximum atomic E-state index is 12.8. The number of ether oxygens (including phenoxy) is 1. The highest BCUT2D eigenvalue weighted by Crippen LogP contribution is 2.34. The van der Waals surface area contributed by atoms with Crippen LogP contribution in [0.4, 0.5) is 10.5 Å². The Balaban J connectivity index is 1.76. The molecule has 0 aliphatic carbocycles. The van der Waals surface area contributed by atoms with Gasteiger partial charge in [0, 0.05) is 15.7 Å². The number of hydrogen-bond acceptors (Lipinski definition) is 5. The Labute approximate surface area is 187 Å². The molecule has 0 unspecified atom stereocenters. The van der Waals surface area contributed by atoms with E-state index in [0.29, 0.717) is 23.6 Å². The Morgan fingerprint density at radius 1 is 1.27 bits per heavy atom. The predicted molar refractivity (Wildman–Crippen MR) is 122 cm³/mol. The summed E-state index contributed by atoms with van der Waals surface area (Å²) in [6.45, 7) is 5.44. The lowest BCUT2D eigenvalue weighted by Crippen LogP contribution is -2.36. The van der Waals surface area contributed by atoms with Crippen LogP contribution in [-0.2, 0) is 9.59 Å². The van der Waals surface area contributed by atoms with E-state index in [1.54, 1.807) is 36.4 Å². The van der Waals surface area contributed by atoms with Crippen LogP contribution in [-0.4, -0.2) is 35.1 Å². The molecule has 1 N–H and O–H groups in total. The van der Waals surface area contributed by atoms with Crippen LogP contribution < -0.4 is 10.1 Å². The second kappa shape index (κ2) is 9.77. The van der Waals surface area contributed by atoms with E-state index in [1.165, 1.54) is 0 Å². The van der Waals surface area contributed by atoms with E-state index in [-0.39, 0.29) is 11.4 Å². The van der Waals surface area contributed by atoms with Crippen LogP contribution in [0.2, 0.25) is 0 Å². The van der Waals surface area contributed by atoms with E-state index in [9.17, 15) is 14.4 Å². The number of carbonyl (C=O) groups is 3. The third-order valence-electron chi connectivity index (χ3n) is 4.21. The summed E-state index contributed by atoms with van der Waals surface area (Å²) in [5.41, 5.74) is 2.17. The minimum atomic E-state index is -0.514. The zero-order valence-corrected chi connectivity index (χ0v) is 18.6. The van der Waals surface area contributed by atoms with Crippen LogP contribution in [0.15, 0.2) is 64.5 Å². The Bertz CT molecular complexity index is 1050. The zero-order chi connectivity index (χ0) is 21.7. The third-order valence-corrected chi connectivity index (χ3v) is 5.61. The summed E-state index contributed by atoms with van der Waals surface area (Å²) in [6.07, 6.45) is 3.21. The lowest BCUT2D eigenvalue weighted by Gasteiger charge is -2.13. The number of nitrogens with zero attached hydrogens (tertiary/aromatic N) is 1. The minimum Gasteiger partial charge on any atom is -0.489 e. The van der Waals surface area contributed by atoms with Gasteiger partial charge in [0.05, 0.1) is 4.91 Å². The number of thioether (sulfide) groups is 1. The van der Waals surface area contributed by atoms with Crippen molar-refractivity contribution in [3.05, 3.63) is 75.6 Å². The molecular formula is C22H19BrN2O4S. The average Bonchev–Trinajstić information content (AvgIpc) is 2.96. The van der Waals surface area contributed by atoms with Crippen molar-refractivity contribution in [1.29, 1.82) is 0 Å². The number of amides is 3. The van der Waals surface area contributed by atoms with Crippen molar-refractivity contribution in [2.75, 3.05) is 18.5 Å². The van der Waals surface area contributed by atoms with Gasteiger partial charge in [0.1, 0.15) is 18.9 Å². The van der Waals surface area contributed by atoms with Gasteiger partial charge in [0.25, 0.3) is 11.1 Å². The number of anilines is 1. The van der Waals surface area contributed by atoms with Gasteiger partial charge in [-0.15, -0.1) is 0 Å². The second-order valence-corrected chi connectivity index (χ2v) is 8.32. The molecule has 2 aromatic rings. The molecular weight excluding hydrogens is 468 g/mol. The monoisotopic (exact) mass is 486 g/mol. The minimum absolute atomic E-state index is 0.227. The summed E-state index contributed by atoms with van der Waals surface area (Å²) in [6, 6.07) is 12.7. The molecule has 6 nitrogen and oxygen atoms in total. The summed E-state index contributed by atoms with van der Waals surface area (Å²) in [7, 11) is 0. The Morgan fingerprint density at radius 2 is 2.03 bits per heavy atom. The third kappa shape index (κ3) is 5.20. The number of benzene rings is 2. The predicted octanol–water partition coefficient (Wildman–Crippen LogP) is 5.00. The van der Waals surface area contributed by atoms with Crippen molar-refractivity contribution in [2.45, 2.75) is 6.92 Å². The molecule has 0 spiro atoms. The van der Waals surface area contributed by atoms with Crippen LogP contribution >= 0.6 is 27.7 Å². The molecule has 0 aromatic heterocycles. The summed E-state index contributed by atoms with van der Waals surface area (Å²) < 4.78 is 6.42. The number of imide groups is 1. The van der Waals surface area contributed by atoms with E-state index in [1.807, 2.05) is 25.1 Å². The molecule has 8 heteroatoms. The molecule has 3 amide bonds. The first-order valence-electron chi connectivity index (χ1n) is 9.03. The smallest absolute Gasteiger partial charge is 0.294 e. The lowest BCUT2D eigenvalue weighted by atomic mass is 10.2. The van der Waals surface area contributed by atoms with E-state index < -0.39 is 17.1 Å². The Morgan fingerprint density at radius 3 is 2.77 bits per heavy atom. The van der Waals surface area contributed by atoms with Gasteiger partial charge in [0.2, 0.25) is 5.91 Å². The first kappa shape index (κ1) is 21.9. The van der Waals surface area contributed by atoms with Crippen LogP contribution in [0.1, 0.15) is 11.1 Å². The highest BCUT2D eigenvalue weighted by Gasteiger charge is 2.36. The van der Waals surface area contributed by atoms with E-state index in [4.69, 9.17) is 4.74 Å². The number of rotatable bonds is 7. The quantitative estimate of drug-likeness (QED) is 0.440. The van der Waals surface area contributed by atoms with Gasteiger partial charge in [0.15, 0.2) is 0 Å². The fourth-order valence-electron chi connectivity index (χ4n) is 2.74. The number of nitrogens with one attached hydrogen (secondary N) is 1. The van der Waals surface area contributed by atoms with Gasteiger partial charge in [-0.3, -0.25) is 19.3 Å². The summed E-state index contributed by atoms with van der Waals surface area (Å²) in [4.78, 5) is 38.6. The van der Waals surface area contributed by atoms with Gasteiger partial charge in [-0.25, -0.2) is 0 Å². The maximum absolute atomic E-state index is 12.8. The molecule has 0 atom stereocenters. The molecule has 1 aliphatic heterocycles. The molecule has 154 valence electrons. The second-order valence-electron chi connectivity index (χ2n) is 6.41. The van der Waals surface area contributed by atoms with Gasteiger partial charge < -0.3 is 10.1 Å². The van der Waals surface area contributed by atoms with Crippen LogP contribution in [0.3, 0.4) is 0 Å². The number of para-hydroxylation sites is 1. The lowest BCUT2D eigenvalue weighted by molar-refractivity contribution is -0.127. The average molecular weight is 487 g/mol. The van der Waals surface area contributed by atoms with Gasteiger partial charge >= 0.3 is 0 Å². The maximum Gasteiger partial charge on any atom is 0.294 e. The van der Waals surface area contributed by atoms with Crippen molar-refractivity contribution >= 4 is 56.5 Å². The molecule has 1 fully saturated rings. The number of halogens is 1. The fraction of sp³-hybridized carbons (Fsp3) is 0.136. The summed E-state index contributed by atoms with van der Waals surface area (Å²) in [5.74, 6) is -0.396. The van der Waals surface area contributed by atoms with E-state index in [2.05, 4.69) is 27.8 Å². The Kier molecular flexibility index (Phi) is 7.12.